The second-order valence-electron chi connectivity index (χ2n) is 8.45. The monoisotopic (exact) mass is 444 g/mol. The summed E-state index contributed by atoms with van der Waals surface area (Å²) >= 11 is 0. The van der Waals surface area contributed by atoms with Crippen LogP contribution in [0.2, 0.25) is 0 Å². The van der Waals surface area contributed by atoms with Crippen molar-refractivity contribution in [2.24, 2.45) is 0 Å². The molecule has 1 aliphatic rings. The Hall–Kier alpha value is -3.00. The predicted molar refractivity (Wildman–Crippen MR) is 123 cm³/mol. The van der Waals surface area contributed by atoms with Crippen LogP contribution in [0.1, 0.15) is 26.3 Å². The van der Waals surface area contributed by atoms with Gasteiger partial charge in [-0.15, -0.1) is 0 Å². The number of hydrogen-bond donors (Lipinski definition) is 1. The molecule has 3 rings (SSSR count). The minimum Gasteiger partial charge on any atom is -0.489 e. The van der Waals surface area contributed by atoms with Crippen LogP contribution in [0.15, 0.2) is 55.1 Å². The molecule has 2 aromatic rings. The zero-order valence-corrected chi connectivity index (χ0v) is 19.0. The summed E-state index contributed by atoms with van der Waals surface area (Å²) in [6, 6.07) is 12.3. The topological polar surface area (TPSA) is 84.9 Å². The molecule has 0 spiro atoms. The molecule has 0 fully saturated rings. The van der Waals surface area contributed by atoms with Gasteiger partial charge < -0.3 is 14.8 Å². The third kappa shape index (κ3) is 5.38. The minimum atomic E-state index is -3.61. The highest BCUT2D eigenvalue weighted by molar-refractivity contribution is 7.92. The first-order chi connectivity index (χ1) is 14.5. The van der Waals surface area contributed by atoms with Gasteiger partial charge in [0.15, 0.2) is 6.10 Å². The third-order valence-electron chi connectivity index (χ3n) is 4.86. The average molecular weight is 445 g/mol. The Morgan fingerprint density at radius 2 is 2.03 bits per heavy atom. The van der Waals surface area contributed by atoms with Gasteiger partial charge in [0.25, 0.3) is 5.91 Å². The first-order valence-electron chi connectivity index (χ1n) is 9.92. The van der Waals surface area contributed by atoms with Gasteiger partial charge in [-0.2, -0.15) is 0 Å². The number of hydrogen-bond acceptors (Lipinski definition) is 5. The molecule has 166 valence electrons. The van der Waals surface area contributed by atoms with E-state index >= 15 is 0 Å². The van der Waals surface area contributed by atoms with E-state index in [4.69, 9.17) is 9.47 Å². The summed E-state index contributed by atoms with van der Waals surface area (Å²) in [7, 11) is -3.61. The van der Waals surface area contributed by atoms with Gasteiger partial charge in [0.2, 0.25) is 10.0 Å². The van der Waals surface area contributed by atoms with E-state index in [9.17, 15) is 13.2 Å². The van der Waals surface area contributed by atoms with E-state index in [1.165, 1.54) is 4.31 Å². The van der Waals surface area contributed by atoms with Crippen molar-refractivity contribution in [3.05, 3.63) is 60.7 Å². The van der Waals surface area contributed by atoms with Gasteiger partial charge in [-0.25, -0.2) is 8.42 Å². The fourth-order valence-electron chi connectivity index (χ4n) is 3.21. The Kier molecular flexibility index (Phi) is 6.31. The molecule has 1 atom stereocenters. The van der Waals surface area contributed by atoms with Crippen LogP contribution in [0, 0.1) is 0 Å². The SMILES string of the molecule is C=CCOc1cccc(NC(=O)[C@H]2CN(S(C)(=O)=O)c3cc(C(C)(C)C)ccc3O2)c1. The molecule has 0 aliphatic carbocycles. The van der Waals surface area contributed by atoms with E-state index in [1.54, 1.807) is 36.4 Å². The van der Waals surface area contributed by atoms with Crippen LogP contribution < -0.4 is 19.1 Å². The largest absolute Gasteiger partial charge is 0.489 e. The predicted octanol–water partition coefficient (Wildman–Crippen LogP) is 3.71. The molecule has 7 nitrogen and oxygen atoms in total. The third-order valence-corrected chi connectivity index (χ3v) is 6.00. The molecular weight excluding hydrogens is 416 g/mol. The maximum atomic E-state index is 12.9. The van der Waals surface area contributed by atoms with Crippen molar-refractivity contribution in [2.75, 3.05) is 29.0 Å². The summed E-state index contributed by atoms with van der Waals surface area (Å²) in [6.07, 6.45) is 1.76. The average Bonchev–Trinajstić information content (AvgIpc) is 2.69. The molecule has 0 aromatic heterocycles. The first kappa shape index (κ1) is 22.7. The number of benzene rings is 2. The number of fused-ring (bicyclic) bond motifs is 1. The maximum absolute atomic E-state index is 12.9. The quantitative estimate of drug-likeness (QED) is 0.687. The molecule has 1 N–H and O–H groups in total. The van der Waals surface area contributed by atoms with Gasteiger partial charge in [0.05, 0.1) is 18.5 Å². The lowest BCUT2D eigenvalue weighted by Crippen LogP contribution is -2.48. The Balaban J connectivity index is 1.86. The smallest absolute Gasteiger partial charge is 0.267 e. The summed E-state index contributed by atoms with van der Waals surface area (Å²) in [5.74, 6) is 0.494. The van der Waals surface area contributed by atoms with E-state index in [0.717, 1.165) is 11.8 Å². The molecule has 1 heterocycles. The number of carbonyl (C=O) groups is 1. The highest BCUT2D eigenvalue weighted by Gasteiger charge is 2.36. The maximum Gasteiger partial charge on any atom is 0.267 e. The summed E-state index contributed by atoms with van der Waals surface area (Å²) < 4.78 is 37.6. The normalized spacial score (nSPS) is 16.1. The number of nitrogens with one attached hydrogen (secondary N) is 1. The van der Waals surface area contributed by atoms with E-state index in [1.807, 2.05) is 32.9 Å². The number of anilines is 2. The summed E-state index contributed by atoms with van der Waals surface area (Å²) in [4.78, 5) is 12.9. The number of carbonyl (C=O) groups excluding carboxylic acids is 1. The summed E-state index contributed by atoms with van der Waals surface area (Å²) in [5.41, 5.74) is 1.78. The van der Waals surface area contributed by atoms with Crippen LogP contribution in [0.25, 0.3) is 0 Å². The Labute approximate surface area is 183 Å². The van der Waals surface area contributed by atoms with Gasteiger partial charge in [0, 0.05) is 11.8 Å². The number of rotatable bonds is 6. The highest BCUT2D eigenvalue weighted by Crippen LogP contribution is 2.38. The fraction of sp³-hybridized carbons (Fsp3) is 0.348. The Morgan fingerprint density at radius 3 is 2.68 bits per heavy atom. The van der Waals surface area contributed by atoms with E-state index < -0.39 is 22.0 Å². The summed E-state index contributed by atoms with van der Waals surface area (Å²) in [6.45, 7) is 9.98. The van der Waals surface area contributed by atoms with Crippen molar-refractivity contribution >= 4 is 27.3 Å². The first-order valence-corrected chi connectivity index (χ1v) is 11.8. The molecule has 0 unspecified atom stereocenters. The molecule has 31 heavy (non-hydrogen) atoms. The molecule has 8 heteroatoms. The number of sulfonamides is 1. The second-order valence-corrected chi connectivity index (χ2v) is 10.4. The van der Waals surface area contributed by atoms with Crippen molar-refractivity contribution < 1.29 is 22.7 Å². The van der Waals surface area contributed by atoms with Crippen LogP contribution >= 0.6 is 0 Å². The van der Waals surface area contributed by atoms with Crippen LogP contribution in [-0.2, 0) is 20.2 Å². The van der Waals surface area contributed by atoms with Crippen molar-refractivity contribution in [1.82, 2.24) is 0 Å². The van der Waals surface area contributed by atoms with E-state index in [2.05, 4.69) is 11.9 Å². The van der Waals surface area contributed by atoms with Crippen molar-refractivity contribution in [3.8, 4) is 11.5 Å². The fourth-order valence-corrected chi connectivity index (χ4v) is 4.12. The van der Waals surface area contributed by atoms with E-state index in [0.29, 0.717) is 29.5 Å². The zero-order chi connectivity index (χ0) is 22.8. The van der Waals surface area contributed by atoms with Gasteiger partial charge >= 0.3 is 0 Å². The molecule has 0 saturated carbocycles. The lowest BCUT2D eigenvalue weighted by Gasteiger charge is -2.35. The van der Waals surface area contributed by atoms with Crippen molar-refractivity contribution in [2.45, 2.75) is 32.3 Å². The lowest BCUT2D eigenvalue weighted by atomic mass is 9.86. The van der Waals surface area contributed by atoms with Crippen LogP contribution in [-0.4, -0.2) is 39.8 Å². The Morgan fingerprint density at radius 1 is 1.29 bits per heavy atom. The van der Waals surface area contributed by atoms with Gasteiger partial charge in [0.1, 0.15) is 18.1 Å². The van der Waals surface area contributed by atoms with Gasteiger partial charge in [-0.3, -0.25) is 9.10 Å². The highest BCUT2D eigenvalue weighted by atomic mass is 32.2. The summed E-state index contributed by atoms with van der Waals surface area (Å²) in [5, 5.41) is 2.78. The standard InChI is InChI=1S/C23H28N2O5S/c1-6-12-29-18-9-7-8-17(14-18)24-22(26)21-15-25(31(5,27)28)19-13-16(23(2,3)4)10-11-20(19)30-21/h6-11,13-14,21H,1,12,15H2,2-5H3,(H,24,26)/t21-/m1/s1. The van der Waals surface area contributed by atoms with Gasteiger partial charge in [-0.05, 0) is 35.2 Å². The molecule has 2 aromatic carbocycles. The number of nitrogens with zero attached hydrogens (tertiary/aromatic N) is 1. The Bertz CT molecular complexity index is 1090. The van der Waals surface area contributed by atoms with Gasteiger partial charge in [-0.1, -0.05) is 45.6 Å². The van der Waals surface area contributed by atoms with Crippen LogP contribution in [0.5, 0.6) is 11.5 Å². The van der Waals surface area contributed by atoms with E-state index in [-0.39, 0.29) is 12.0 Å². The zero-order valence-electron chi connectivity index (χ0n) is 18.2. The van der Waals surface area contributed by atoms with Crippen molar-refractivity contribution in [1.29, 1.82) is 0 Å². The molecule has 0 saturated heterocycles. The molecule has 1 aliphatic heterocycles. The van der Waals surface area contributed by atoms with Crippen LogP contribution in [0.4, 0.5) is 11.4 Å². The number of amides is 1. The molecule has 0 radical (unpaired) electrons. The number of ether oxygens (including phenoxy) is 2. The minimum absolute atomic E-state index is 0.113. The molecular formula is C23H28N2O5S. The second kappa shape index (κ2) is 8.63. The van der Waals surface area contributed by atoms with Crippen LogP contribution in [0.3, 0.4) is 0 Å². The lowest BCUT2D eigenvalue weighted by molar-refractivity contribution is -0.122. The molecule has 0 bridgehead atoms. The molecule has 1 amide bonds. The van der Waals surface area contributed by atoms with Crippen molar-refractivity contribution in [3.63, 3.8) is 0 Å².